The number of aliphatic imine (C=N–C) groups is 1. The van der Waals surface area contributed by atoms with Crippen molar-refractivity contribution in [2.45, 2.75) is 23.9 Å². The Morgan fingerprint density at radius 1 is 1.09 bits per heavy atom. The molecule has 0 aliphatic carbocycles. The maximum absolute atomic E-state index is 13.1. The standard InChI is InChI=1S/C24H28N4O7/c1-27-16-6-5-13(28-7-9-35-10-8-28)11-14(16)24-12-15(20(29)32-2)25-23(24)26-18(22(31)34-4)17(19(24)27)21(30)33-3/h5-6,11,15,19H,7-10,12H2,1-4H3,(H,25,26)/t15-,19?,24-/m0/s1. The van der Waals surface area contributed by atoms with Crippen LogP contribution in [0.4, 0.5) is 11.4 Å². The Balaban J connectivity index is 1.72. The topological polar surface area (TPSA) is 119 Å². The van der Waals surface area contributed by atoms with Crippen LogP contribution in [-0.4, -0.2) is 90.5 Å². The van der Waals surface area contributed by atoms with E-state index in [0.717, 1.165) is 30.0 Å². The van der Waals surface area contributed by atoms with Gasteiger partial charge in [-0.05, 0) is 30.2 Å². The smallest absolute Gasteiger partial charge is 0.357 e. The number of carbonyl (C=O) groups excluding carboxylic acids is 3. The van der Waals surface area contributed by atoms with Crippen LogP contribution in [0.3, 0.4) is 0 Å². The molecule has 0 saturated carbocycles. The number of nitrogens with one attached hydrogen (secondary N) is 1. The summed E-state index contributed by atoms with van der Waals surface area (Å²) in [4.78, 5) is 47.2. The number of nitrogens with zero attached hydrogens (tertiary/aromatic N) is 3. The summed E-state index contributed by atoms with van der Waals surface area (Å²) in [5, 5.41) is 3.17. The summed E-state index contributed by atoms with van der Waals surface area (Å²) >= 11 is 0. The number of hydrogen-bond donors (Lipinski definition) is 1. The SMILES string of the molecule is COC(=O)C1=C(C(=O)OC)C2N(C)c3ccc(N4CCOCC4)cc3[C@@]23C[C@@H](C(=O)OC)NC3=N1. The van der Waals surface area contributed by atoms with Gasteiger partial charge >= 0.3 is 17.9 Å². The van der Waals surface area contributed by atoms with Gasteiger partial charge in [-0.2, -0.15) is 0 Å². The summed E-state index contributed by atoms with van der Waals surface area (Å²) < 4.78 is 20.6. The fourth-order valence-electron chi connectivity index (χ4n) is 5.79. The third-order valence-corrected chi connectivity index (χ3v) is 7.35. The van der Waals surface area contributed by atoms with Gasteiger partial charge in [0.05, 0.1) is 51.6 Å². The minimum absolute atomic E-state index is 0.0991. The first-order valence-corrected chi connectivity index (χ1v) is 11.4. The maximum atomic E-state index is 13.1. The number of methoxy groups -OCH3 is 3. The Labute approximate surface area is 202 Å². The van der Waals surface area contributed by atoms with E-state index in [1.807, 2.05) is 24.1 Å². The van der Waals surface area contributed by atoms with Gasteiger partial charge in [-0.1, -0.05) is 0 Å². The lowest BCUT2D eigenvalue weighted by Crippen LogP contribution is -2.53. The molecule has 2 saturated heterocycles. The van der Waals surface area contributed by atoms with Gasteiger partial charge in [0.1, 0.15) is 11.9 Å². The van der Waals surface area contributed by atoms with Gasteiger partial charge in [-0.15, -0.1) is 0 Å². The molecule has 35 heavy (non-hydrogen) atoms. The lowest BCUT2D eigenvalue weighted by Gasteiger charge is -2.38. The van der Waals surface area contributed by atoms with E-state index < -0.39 is 35.4 Å². The van der Waals surface area contributed by atoms with Gasteiger partial charge in [0.25, 0.3) is 0 Å². The Morgan fingerprint density at radius 2 is 1.80 bits per heavy atom. The fraction of sp³-hybridized carbons (Fsp3) is 0.500. The van der Waals surface area contributed by atoms with Crippen molar-refractivity contribution in [3.8, 4) is 0 Å². The predicted octanol–water partition coefficient (Wildman–Crippen LogP) is 0.127. The van der Waals surface area contributed by atoms with Crippen molar-refractivity contribution in [2.24, 2.45) is 4.99 Å². The molecule has 4 aliphatic heterocycles. The van der Waals surface area contributed by atoms with E-state index in [4.69, 9.17) is 18.9 Å². The molecule has 2 fully saturated rings. The molecule has 11 nitrogen and oxygen atoms in total. The van der Waals surface area contributed by atoms with Gasteiger partial charge < -0.3 is 34.1 Å². The van der Waals surface area contributed by atoms with Gasteiger partial charge in [0.15, 0.2) is 5.70 Å². The van der Waals surface area contributed by atoms with Crippen LogP contribution in [0.25, 0.3) is 0 Å². The summed E-state index contributed by atoms with van der Waals surface area (Å²) in [6, 6.07) is 4.78. The first-order valence-electron chi connectivity index (χ1n) is 11.4. The van der Waals surface area contributed by atoms with E-state index in [0.29, 0.717) is 25.5 Å². The molecule has 0 radical (unpaired) electrons. The fourth-order valence-corrected chi connectivity index (χ4v) is 5.79. The second kappa shape index (κ2) is 8.56. The van der Waals surface area contributed by atoms with Crippen LogP contribution >= 0.6 is 0 Å². The lowest BCUT2D eigenvalue weighted by atomic mass is 9.69. The number of likely N-dealkylation sites (N-methyl/N-ethyl adjacent to an activating group) is 1. The number of carbonyl (C=O) groups is 3. The molecule has 186 valence electrons. The molecule has 0 aromatic heterocycles. The highest BCUT2D eigenvalue weighted by Gasteiger charge is 2.64. The predicted molar refractivity (Wildman–Crippen MR) is 125 cm³/mol. The highest BCUT2D eigenvalue weighted by atomic mass is 16.5. The zero-order valence-corrected chi connectivity index (χ0v) is 20.1. The minimum Gasteiger partial charge on any atom is -0.467 e. The highest BCUT2D eigenvalue weighted by molar-refractivity contribution is 6.13. The van der Waals surface area contributed by atoms with Crippen LogP contribution in [0.1, 0.15) is 12.0 Å². The Bertz CT molecular complexity index is 1160. The molecule has 1 aromatic carbocycles. The number of hydrogen-bond acceptors (Lipinski definition) is 11. The average molecular weight is 485 g/mol. The number of ether oxygens (including phenoxy) is 4. The van der Waals surface area contributed by atoms with E-state index in [-0.39, 0.29) is 11.3 Å². The normalized spacial score (nSPS) is 26.8. The average Bonchev–Trinajstić information content (AvgIpc) is 3.41. The van der Waals surface area contributed by atoms with Crippen LogP contribution in [0.2, 0.25) is 0 Å². The molecule has 1 unspecified atom stereocenters. The highest BCUT2D eigenvalue weighted by Crippen LogP contribution is 2.55. The van der Waals surface area contributed by atoms with Crippen molar-refractivity contribution in [2.75, 3.05) is 64.5 Å². The van der Waals surface area contributed by atoms with E-state index in [2.05, 4.69) is 21.3 Å². The molecule has 4 aliphatic rings. The second-order valence-corrected chi connectivity index (χ2v) is 8.92. The van der Waals surface area contributed by atoms with Crippen LogP contribution in [-0.2, 0) is 38.7 Å². The summed E-state index contributed by atoms with van der Waals surface area (Å²) in [5.74, 6) is -1.45. The van der Waals surface area contributed by atoms with Gasteiger partial charge in [0.2, 0.25) is 0 Å². The first-order chi connectivity index (χ1) is 16.9. The molecule has 0 amide bonds. The summed E-state index contributed by atoms with van der Waals surface area (Å²) in [5.41, 5.74) is 1.87. The molecule has 1 spiro atoms. The molecular weight excluding hydrogens is 456 g/mol. The molecule has 5 rings (SSSR count). The molecule has 4 heterocycles. The summed E-state index contributed by atoms with van der Waals surface area (Å²) in [6.07, 6.45) is 0.294. The minimum atomic E-state index is -0.897. The number of benzene rings is 1. The first kappa shape index (κ1) is 23.2. The third kappa shape index (κ3) is 3.28. The Kier molecular flexibility index (Phi) is 5.66. The number of anilines is 2. The van der Waals surface area contributed by atoms with Crippen molar-refractivity contribution >= 4 is 35.1 Å². The number of fused-ring (bicyclic) bond motifs is 1. The molecular formula is C24H28N4O7. The van der Waals surface area contributed by atoms with E-state index in [1.165, 1.54) is 21.3 Å². The van der Waals surface area contributed by atoms with Crippen LogP contribution in [0.5, 0.6) is 0 Å². The van der Waals surface area contributed by atoms with Crippen molar-refractivity contribution < 1.29 is 33.3 Å². The molecule has 3 atom stereocenters. The monoisotopic (exact) mass is 484 g/mol. The Morgan fingerprint density at radius 3 is 2.46 bits per heavy atom. The van der Waals surface area contributed by atoms with Crippen LogP contribution in [0.15, 0.2) is 34.5 Å². The second-order valence-electron chi connectivity index (χ2n) is 8.92. The van der Waals surface area contributed by atoms with E-state index in [9.17, 15) is 14.4 Å². The molecule has 1 aromatic rings. The van der Waals surface area contributed by atoms with Crippen molar-refractivity contribution in [1.29, 1.82) is 0 Å². The molecule has 11 heteroatoms. The van der Waals surface area contributed by atoms with Crippen LogP contribution < -0.4 is 15.1 Å². The lowest BCUT2D eigenvalue weighted by molar-refractivity contribution is -0.142. The largest absolute Gasteiger partial charge is 0.467 e. The van der Waals surface area contributed by atoms with Gasteiger partial charge in [0, 0.05) is 31.5 Å². The number of esters is 3. The van der Waals surface area contributed by atoms with Gasteiger partial charge in [-0.3, -0.25) is 0 Å². The summed E-state index contributed by atoms with van der Waals surface area (Å²) in [7, 11) is 5.68. The van der Waals surface area contributed by atoms with Crippen molar-refractivity contribution in [3.05, 3.63) is 35.0 Å². The van der Waals surface area contributed by atoms with Crippen molar-refractivity contribution in [3.63, 3.8) is 0 Å². The quantitative estimate of drug-likeness (QED) is 0.466. The number of morpholine rings is 1. The van der Waals surface area contributed by atoms with Crippen molar-refractivity contribution in [1.82, 2.24) is 5.32 Å². The number of amidine groups is 1. The molecule has 0 bridgehead atoms. The zero-order valence-electron chi connectivity index (χ0n) is 20.1. The maximum Gasteiger partial charge on any atom is 0.357 e. The van der Waals surface area contributed by atoms with Crippen LogP contribution in [0, 0.1) is 0 Å². The van der Waals surface area contributed by atoms with Gasteiger partial charge in [-0.25, -0.2) is 19.4 Å². The Hall–Kier alpha value is -3.60. The number of rotatable bonds is 4. The summed E-state index contributed by atoms with van der Waals surface area (Å²) in [6.45, 7) is 2.80. The van der Waals surface area contributed by atoms with E-state index >= 15 is 0 Å². The third-order valence-electron chi connectivity index (χ3n) is 7.35. The molecule has 1 N–H and O–H groups in total. The van der Waals surface area contributed by atoms with E-state index in [1.54, 1.807) is 0 Å². The zero-order chi connectivity index (χ0) is 24.9.